The first-order valence-electron chi connectivity index (χ1n) is 6.84. The summed E-state index contributed by atoms with van der Waals surface area (Å²) in [5.74, 6) is 0.176. The maximum Gasteiger partial charge on any atom is 0.119 e. The van der Waals surface area contributed by atoms with Crippen LogP contribution in [0.1, 0.15) is 0 Å². The molecule has 0 amide bonds. The molecule has 112 valence electrons. The molecule has 0 aromatic heterocycles. The lowest BCUT2D eigenvalue weighted by atomic mass is 10.3. The van der Waals surface area contributed by atoms with E-state index in [0.29, 0.717) is 0 Å². The molecule has 0 spiro atoms. The van der Waals surface area contributed by atoms with Crippen LogP contribution in [0.4, 0.5) is 11.4 Å². The summed E-state index contributed by atoms with van der Waals surface area (Å²) in [7, 11) is 0. The van der Waals surface area contributed by atoms with Gasteiger partial charge in [-0.05, 0) is 36.4 Å². The molecule has 0 unspecified atom stereocenters. The van der Waals surface area contributed by atoms with Gasteiger partial charge in [0.05, 0.1) is 11.4 Å². The molecular weight excluding hydrogens is 276 g/mol. The van der Waals surface area contributed by atoms with Crippen LogP contribution in [-0.4, -0.2) is 10.2 Å². The Kier molecular flexibility index (Phi) is 5.70. The highest BCUT2D eigenvalue weighted by Gasteiger charge is 1.89. The van der Waals surface area contributed by atoms with Crippen LogP contribution in [0.5, 0.6) is 11.5 Å². The van der Waals surface area contributed by atoms with Gasteiger partial charge in [0.2, 0.25) is 0 Å². The van der Waals surface area contributed by atoms with Crippen LogP contribution < -0.4 is 10.9 Å². The number of para-hydroxylation sites is 2. The maximum atomic E-state index is 8.65. The van der Waals surface area contributed by atoms with Gasteiger partial charge in [-0.3, -0.25) is 0 Å². The van der Waals surface area contributed by atoms with Crippen molar-refractivity contribution in [3.63, 3.8) is 0 Å². The van der Waals surface area contributed by atoms with Crippen LogP contribution in [0.2, 0.25) is 0 Å². The van der Waals surface area contributed by atoms with E-state index >= 15 is 0 Å². The van der Waals surface area contributed by atoms with Crippen LogP contribution >= 0.6 is 0 Å². The fourth-order valence-electron chi connectivity index (χ4n) is 1.68. The number of hydrogen-bond acceptors (Lipinski definition) is 4. The first kappa shape index (κ1) is 15.3. The molecule has 3 aromatic rings. The number of anilines is 2. The molecule has 4 N–H and O–H groups in total. The zero-order chi connectivity index (χ0) is 15.6. The third kappa shape index (κ3) is 5.46. The van der Waals surface area contributed by atoms with Crippen molar-refractivity contribution in [2.24, 2.45) is 0 Å². The molecule has 22 heavy (non-hydrogen) atoms. The van der Waals surface area contributed by atoms with Crippen LogP contribution in [0.25, 0.3) is 0 Å². The molecule has 0 radical (unpaired) electrons. The van der Waals surface area contributed by atoms with Crippen LogP contribution in [0.3, 0.4) is 0 Å². The molecule has 3 aromatic carbocycles. The molecule has 0 atom stereocenters. The average molecular weight is 294 g/mol. The predicted molar refractivity (Wildman–Crippen MR) is 89.9 cm³/mol. The Morgan fingerprint density at radius 1 is 0.500 bits per heavy atom. The number of phenols is 2. The van der Waals surface area contributed by atoms with Crippen molar-refractivity contribution >= 4 is 11.4 Å². The fraction of sp³-hybridized carbons (Fsp3) is 0. The highest BCUT2D eigenvalue weighted by Crippen LogP contribution is 2.14. The molecule has 0 bridgehead atoms. The Morgan fingerprint density at radius 2 is 0.909 bits per heavy atom. The molecule has 4 nitrogen and oxygen atoms in total. The summed E-state index contributed by atoms with van der Waals surface area (Å²) >= 11 is 0. The largest absolute Gasteiger partial charge is 0.508 e. The lowest BCUT2D eigenvalue weighted by molar-refractivity contribution is 0.450. The Labute approximate surface area is 129 Å². The lowest BCUT2D eigenvalue weighted by Crippen LogP contribution is -2.07. The topological polar surface area (TPSA) is 64.5 Å². The summed E-state index contributed by atoms with van der Waals surface area (Å²) < 4.78 is 0. The molecule has 0 heterocycles. The summed E-state index contributed by atoms with van der Waals surface area (Å²) in [5.41, 5.74) is 8.33. The van der Waals surface area contributed by atoms with E-state index in [4.69, 9.17) is 10.2 Å². The van der Waals surface area contributed by atoms with E-state index in [-0.39, 0.29) is 11.5 Å². The normalized spacial score (nSPS) is 9.27. The number of aromatic hydroxyl groups is 2. The van der Waals surface area contributed by atoms with Gasteiger partial charge in [0.25, 0.3) is 0 Å². The molecule has 0 aliphatic rings. The number of nitrogens with one attached hydrogen (secondary N) is 2. The minimum absolute atomic E-state index is 0.0880. The first-order valence-corrected chi connectivity index (χ1v) is 6.84. The number of benzene rings is 3. The minimum Gasteiger partial charge on any atom is -0.508 e. The van der Waals surface area contributed by atoms with Crippen molar-refractivity contribution in [3.05, 3.63) is 84.9 Å². The van der Waals surface area contributed by atoms with E-state index in [9.17, 15) is 0 Å². The van der Waals surface area contributed by atoms with Gasteiger partial charge in [0.1, 0.15) is 11.5 Å². The zero-order valence-electron chi connectivity index (χ0n) is 12.0. The van der Waals surface area contributed by atoms with Crippen molar-refractivity contribution in [2.45, 2.75) is 0 Å². The summed E-state index contributed by atoms with van der Waals surface area (Å²) in [5, 5.41) is 17.3. The summed E-state index contributed by atoms with van der Waals surface area (Å²) in [6.45, 7) is 0. The summed E-state index contributed by atoms with van der Waals surface area (Å²) in [6.07, 6.45) is 0. The molecule has 0 aliphatic heterocycles. The molecule has 0 saturated carbocycles. The number of phenolic OH excluding ortho intramolecular Hbond substituents is 2. The van der Waals surface area contributed by atoms with Gasteiger partial charge in [-0.2, -0.15) is 0 Å². The van der Waals surface area contributed by atoms with E-state index < -0.39 is 0 Å². The van der Waals surface area contributed by atoms with Crippen molar-refractivity contribution < 1.29 is 10.2 Å². The van der Waals surface area contributed by atoms with Crippen molar-refractivity contribution in [3.8, 4) is 11.5 Å². The Balaban J connectivity index is 0.000000188. The van der Waals surface area contributed by atoms with E-state index in [1.54, 1.807) is 6.07 Å². The quantitative estimate of drug-likeness (QED) is 0.546. The number of hydrogen-bond donors (Lipinski definition) is 4. The maximum absolute atomic E-state index is 8.65. The average Bonchev–Trinajstić information content (AvgIpc) is 2.55. The lowest BCUT2D eigenvalue weighted by Gasteiger charge is -2.08. The minimum atomic E-state index is 0.0880. The van der Waals surface area contributed by atoms with Gasteiger partial charge < -0.3 is 21.1 Å². The predicted octanol–water partition coefficient (Wildman–Crippen LogP) is 4.22. The second-order valence-electron chi connectivity index (χ2n) is 4.50. The monoisotopic (exact) mass is 294 g/mol. The highest BCUT2D eigenvalue weighted by molar-refractivity contribution is 5.51. The van der Waals surface area contributed by atoms with Gasteiger partial charge in [0, 0.05) is 6.07 Å². The van der Waals surface area contributed by atoms with E-state index in [1.165, 1.54) is 18.2 Å². The number of hydrazine groups is 1. The Hall–Kier alpha value is -3.14. The fourth-order valence-corrected chi connectivity index (χ4v) is 1.68. The third-order valence-electron chi connectivity index (χ3n) is 2.73. The molecule has 0 aliphatic carbocycles. The first-order chi connectivity index (χ1) is 10.7. The van der Waals surface area contributed by atoms with Crippen molar-refractivity contribution in [2.75, 3.05) is 10.9 Å². The van der Waals surface area contributed by atoms with Gasteiger partial charge in [-0.15, -0.1) is 0 Å². The Morgan fingerprint density at radius 3 is 1.23 bits per heavy atom. The molecule has 3 rings (SSSR count). The third-order valence-corrected chi connectivity index (χ3v) is 2.73. The summed E-state index contributed by atoms with van der Waals surface area (Å²) in [4.78, 5) is 0. The van der Waals surface area contributed by atoms with Crippen LogP contribution in [-0.2, 0) is 0 Å². The van der Waals surface area contributed by atoms with Gasteiger partial charge in [-0.1, -0.05) is 42.5 Å². The van der Waals surface area contributed by atoms with E-state index in [1.807, 2.05) is 60.7 Å². The second-order valence-corrected chi connectivity index (χ2v) is 4.50. The standard InChI is InChI=1S/C12H12N2.C6H6O2/c1-3-7-11(8-4-1)13-14-12-9-5-2-6-10-12;7-5-2-1-3-6(8)4-5/h1-10,13-14H;1-4,7-8H. The van der Waals surface area contributed by atoms with Gasteiger partial charge in [-0.25, -0.2) is 0 Å². The zero-order valence-corrected chi connectivity index (χ0v) is 12.0. The van der Waals surface area contributed by atoms with Crippen molar-refractivity contribution in [1.29, 1.82) is 0 Å². The van der Waals surface area contributed by atoms with E-state index in [2.05, 4.69) is 10.9 Å². The van der Waals surface area contributed by atoms with E-state index in [0.717, 1.165) is 11.4 Å². The molecule has 4 heteroatoms. The van der Waals surface area contributed by atoms with Crippen LogP contribution in [0, 0.1) is 0 Å². The SMILES string of the molecule is Oc1cccc(O)c1.c1ccc(NNc2ccccc2)cc1. The molecule has 0 saturated heterocycles. The second kappa shape index (κ2) is 8.21. The van der Waals surface area contributed by atoms with Crippen LogP contribution in [0.15, 0.2) is 84.9 Å². The molecule has 0 fully saturated rings. The van der Waals surface area contributed by atoms with Crippen molar-refractivity contribution in [1.82, 2.24) is 0 Å². The highest BCUT2D eigenvalue weighted by atomic mass is 16.3. The number of rotatable bonds is 3. The van der Waals surface area contributed by atoms with Gasteiger partial charge >= 0.3 is 0 Å². The smallest absolute Gasteiger partial charge is 0.119 e. The summed E-state index contributed by atoms with van der Waals surface area (Å²) in [6, 6.07) is 25.9. The Bertz CT molecular complexity index is 616. The van der Waals surface area contributed by atoms with Gasteiger partial charge in [0.15, 0.2) is 0 Å². The molecular formula is C18H18N2O2.